The number of aryl methyl sites for hydroxylation is 2. The Morgan fingerprint density at radius 1 is 1.15 bits per heavy atom. The van der Waals surface area contributed by atoms with Gasteiger partial charge in [-0.2, -0.15) is 0 Å². The van der Waals surface area contributed by atoms with E-state index in [9.17, 15) is 0 Å². The third kappa shape index (κ3) is 3.00. The lowest BCUT2D eigenvalue weighted by molar-refractivity contribution is 0.410. The second-order valence-corrected chi connectivity index (χ2v) is 4.93. The Labute approximate surface area is 120 Å². The Morgan fingerprint density at radius 3 is 2.55 bits per heavy atom. The second kappa shape index (κ2) is 6.55. The lowest BCUT2D eigenvalue weighted by Crippen LogP contribution is -2.28. The molecule has 0 aliphatic carbocycles. The Balaban J connectivity index is 2.41. The number of methoxy groups -OCH3 is 1. The average Bonchev–Trinajstić information content (AvgIpc) is 2.50. The fourth-order valence-electron chi connectivity index (χ4n) is 2.39. The highest BCUT2D eigenvalue weighted by molar-refractivity contribution is 5.41. The molecule has 0 saturated carbocycles. The van der Waals surface area contributed by atoms with Crippen LogP contribution in [0.25, 0.3) is 0 Å². The van der Waals surface area contributed by atoms with Crippen molar-refractivity contribution in [3.05, 3.63) is 64.7 Å². The summed E-state index contributed by atoms with van der Waals surface area (Å²) >= 11 is 0. The van der Waals surface area contributed by atoms with E-state index in [0.717, 1.165) is 28.9 Å². The van der Waals surface area contributed by atoms with Crippen molar-refractivity contribution in [1.82, 2.24) is 5.43 Å². The molecule has 0 heterocycles. The summed E-state index contributed by atoms with van der Waals surface area (Å²) in [5, 5.41) is 0. The van der Waals surface area contributed by atoms with E-state index >= 15 is 0 Å². The first-order chi connectivity index (χ1) is 9.69. The van der Waals surface area contributed by atoms with Crippen LogP contribution in [-0.4, -0.2) is 7.11 Å². The highest BCUT2D eigenvalue weighted by Gasteiger charge is 2.14. The summed E-state index contributed by atoms with van der Waals surface area (Å²) in [6, 6.07) is 14.6. The molecule has 0 saturated heterocycles. The van der Waals surface area contributed by atoms with Gasteiger partial charge in [0.25, 0.3) is 0 Å². The first-order valence-electron chi connectivity index (χ1n) is 6.89. The quantitative estimate of drug-likeness (QED) is 0.648. The van der Waals surface area contributed by atoms with Crippen LogP contribution in [0.15, 0.2) is 42.5 Å². The highest BCUT2D eigenvalue weighted by Crippen LogP contribution is 2.27. The molecule has 0 aromatic heterocycles. The largest absolute Gasteiger partial charge is 0.496 e. The minimum Gasteiger partial charge on any atom is -0.496 e. The standard InChI is InChI=1S/C17H22N2O/c1-4-13-6-5-7-14(10-13)17(19-18)15-9-8-12(2)16(11-15)20-3/h5-11,17,19H,4,18H2,1-3H3. The molecule has 3 nitrogen and oxygen atoms in total. The number of hydrogen-bond donors (Lipinski definition) is 2. The van der Waals surface area contributed by atoms with E-state index in [4.69, 9.17) is 10.6 Å². The summed E-state index contributed by atoms with van der Waals surface area (Å²) in [6.07, 6.45) is 1.02. The molecular formula is C17H22N2O. The molecule has 1 atom stereocenters. The molecule has 1 unspecified atom stereocenters. The fourth-order valence-corrected chi connectivity index (χ4v) is 2.39. The van der Waals surface area contributed by atoms with E-state index in [1.165, 1.54) is 5.56 Å². The lowest BCUT2D eigenvalue weighted by Gasteiger charge is -2.19. The van der Waals surface area contributed by atoms with Gasteiger partial charge in [-0.1, -0.05) is 43.3 Å². The van der Waals surface area contributed by atoms with Crippen LogP contribution in [0.2, 0.25) is 0 Å². The minimum absolute atomic E-state index is 0.0315. The Morgan fingerprint density at radius 2 is 1.90 bits per heavy atom. The number of hydrazine groups is 1. The van der Waals surface area contributed by atoms with Gasteiger partial charge in [0.05, 0.1) is 13.2 Å². The van der Waals surface area contributed by atoms with Crippen LogP contribution in [0.5, 0.6) is 5.75 Å². The zero-order valence-corrected chi connectivity index (χ0v) is 12.3. The smallest absolute Gasteiger partial charge is 0.122 e. The molecule has 0 radical (unpaired) electrons. The summed E-state index contributed by atoms with van der Waals surface area (Å²) in [6.45, 7) is 4.18. The molecule has 3 heteroatoms. The monoisotopic (exact) mass is 270 g/mol. The maximum absolute atomic E-state index is 5.77. The van der Waals surface area contributed by atoms with Crippen molar-refractivity contribution in [1.29, 1.82) is 0 Å². The van der Waals surface area contributed by atoms with E-state index in [2.05, 4.69) is 48.7 Å². The Bertz CT molecular complexity index is 581. The third-order valence-electron chi connectivity index (χ3n) is 3.62. The number of nitrogens with two attached hydrogens (primary N) is 1. The molecule has 106 valence electrons. The van der Waals surface area contributed by atoms with Crippen LogP contribution in [0.1, 0.15) is 35.2 Å². The van der Waals surface area contributed by atoms with Gasteiger partial charge < -0.3 is 4.74 Å². The zero-order chi connectivity index (χ0) is 14.5. The van der Waals surface area contributed by atoms with Crippen molar-refractivity contribution in [3.63, 3.8) is 0 Å². The van der Waals surface area contributed by atoms with Crippen LogP contribution in [-0.2, 0) is 6.42 Å². The molecule has 20 heavy (non-hydrogen) atoms. The van der Waals surface area contributed by atoms with E-state index < -0.39 is 0 Å². The van der Waals surface area contributed by atoms with Gasteiger partial charge in [0.15, 0.2) is 0 Å². The van der Waals surface area contributed by atoms with Gasteiger partial charge >= 0.3 is 0 Å². The first-order valence-corrected chi connectivity index (χ1v) is 6.89. The molecule has 0 fully saturated rings. The van der Waals surface area contributed by atoms with Crippen molar-refractivity contribution < 1.29 is 4.74 Å². The Hall–Kier alpha value is -1.84. The summed E-state index contributed by atoms with van der Waals surface area (Å²) in [4.78, 5) is 0. The summed E-state index contributed by atoms with van der Waals surface area (Å²) < 4.78 is 5.39. The van der Waals surface area contributed by atoms with Crippen LogP contribution >= 0.6 is 0 Å². The predicted octanol–water partition coefficient (Wildman–Crippen LogP) is 3.12. The zero-order valence-electron chi connectivity index (χ0n) is 12.3. The third-order valence-corrected chi connectivity index (χ3v) is 3.62. The maximum atomic E-state index is 5.77. The van der Waals surface area contributed by atoms with Crippen molar-refractivity contribution in [3.8, 4) is 5.75 Å². The first kappa shape index (κ1) is 14.6. The van der Waals surface area contributed by atoms with Crippen molar-refractivity contribution in [2.45, 2.75) is 26.3 Å². The number of benzene rings is 2. The summed E-state index contributed by atoms with van der Waals surface area (Å²) in [7, 11) is 1.69. The normalized spacial score (nSPS) is 12.2. The van der Waals surface area contributed by atoms with E-state index in [0.29, 0.717) is 0 Å². The molecule has 2 rings (SSSR count). The maximum Gasteiger partial charge on any atom is 0.122 e. The molecule has 0 bridgehead atoms. The van der Waals surface area contributed by atoms with E-state index in [1.54, 1.807) is 7.11 Å². The number of rotatable bonds is 5. The van der Waals surface area contributed by atoms with E-state index in [1.807, 2.05) is 13.0 Å². The van der Waals surface area contributed by atoms with Gasteiger partial charge in [-0.15, -0.1) is 0 Å². The minimum atomic E-state index is -0.0315. The summed E-state index contributed by atoms with van der Waals surface area (Å²) in [5.41, 5.74) is 7.59. The molecule has 0 aliphatic heterocycles. The fraction of sp³-hybridized carbons (Fsp3) is 0.294. The van der Waals surface area contributed by atoms with E-state index in [-0.39, 0.29) is 6.04 Å². The van der Waals surface area contributed by atoms with Gasteiger partial charge in [-0.3, -0.25) is 5.84 Å². The number of ether oxygens (including phenoxy) is 1. The number of nitrogens with one attached hydrogen (secondary N) is 1. The van der Waals surface area contributed by atoms with Gasteiger partial charge in [0.2, 0.25) is 0 Å². The lowest BCUT2D eigenvalue weighted by atomic mass is 9.96. The van der Waals surface area contributed by atoms with Gasteiger partial charge in [-0.25, -0.2) is 5.43 Å². The predicted molar refractivity (Wildman–Crippen MR) is 82.7 cm³/mol. The number of hydrogen-bond acceptors (Lipinski definition) is 3. The highest BCUT2D eigenvalue weighted by atomic mass is 16.5. The van der Waals surface area contributed by atoms with Crippen molar-refractivity contribution in [2.75, 3.05) is 7.11 Å². The molecule has 0 amide bonds. The van der Waals surface area contributed by atoms with Crippen LogP contribution in [0.3, 0.4) is 0 Å². The topological polar surface area (TPSA) is 47.3 Å². The van der Waals surface area contributed by atoms with Crippen LogP contribution in [0, 0.1) is 6.92 Å². The second-order valence-electron chi connectivity index (χ2n) is 4.93. The SMILES string of the molecule is CCc1cccc(C(NN)c2ccc(C)c(OC)c2)c1. The Kier molecular flexibility index (Phi) is 4.77. The van der Waals surface area contributed by atoms with Crippen LogP contribution in [0.4, 0.5) is 0 Å². The van der Waals surface area contributed by atoms with Crippen LogP contribution < -0.4 is 16.0 Å². The molecule has 3 N–H and O–H groups in total. The van der Waals surface area contributed by atoms with Gasteiger partial charge in [0, 0.05) is 0 Å². The molecular weight excluding hydrogens is 248 g/mol. The van der Waals surface area contributed by atoms with Crippen molar-refractivity contribution in [2.24, 2.45) is 5.84 Å². The average molecular weight is 270 g/mol. The van der Waals surface area contributed by atoms with Gasteiger partial charge in [0.1, 0.15) is 5.75 Å². The molecule has 2 aromatic rings. The molecule has 0 aliphatic rings. The van der Waals surface area contributed by atoms with Crippen molar-refractivity contribution >= 4 is 0 Å². The molecule has 0 spiro atoms. The van der Waals surface area contributed by atoms with Gasteiger partial charge in [-0.05, 0) is 41.7 Å². The summed E-state index contributed by atoms with van der Waals surface area (Å²) in [5.74, 6) is 6.65. The molecule has 2 aromatic carbocycles.